The third kappa shape index (κ3) is 10.0. The molecule has 0 aliphatic carbocycles. The van der Waals surface area contributed by atoms with Gasteiger partial charge in [-0.1, -0.05) is 51.2 Å². The lowest BCUT2D eigenvalue weighted by molar-refractivity contribution is -0.137. The van der Waals surface area contributed by atoms with E-state index >= 15 is 0 Å². The molecule has 2 heterocycles. The molecule has 0 radical (unpaired) electrons. The van der Waals surface area contributed by atoms with E-state index in [1.165, 1.54) is 32.1 Å². The molecule has 0 saturated carbocycles. The van der Waals surface area contributed by atoms with Gasteiger partial charge in [-0.05, 0) is 51.0 Å². The van der Waals surface area contributed by atoms with E-state index in [-0.39, 0.29) is 42.0 Å². The Hall–Kier alpha value is -0.920. The summed E-state index contributed by atoms with van der Waals surface area (Å²) in [7, 11) is -3.11. The first kappa shape index (κ1) is 26.3. The van der Waals surface area contributed by atoms with E-state index in [1.807, 2.05) is 6.08 Å². The van der Waals surface area contributed by atoms with Crippen molar-refractivity contribution in [1.82, 2.24) is 5.32 Å². The van der Waals surface area contributed by atoms with E-state index in [1.54, 1.807) is 0 Å². The van der Waals surface area contributed by atoms with Crippen LogP contribution in [0.25, 0.3) is 0 Å². The fourth-order valence-corrected chi connectivity index (χ4v) is 6.60. The normalized spacial score (nSPS) is 25.6. The van der Waals surface area contributed by atoms with Crippen molar-refractivity contribution >= 4 is 15.8 Å². The summed E-state index contributed by atoms with van der Waals surface area (Å²) in [5, 5.41) is 12.0. The number of carboxylic acid groups (broad SMARTS) is 1. The lowest BCUT2D eigenvalue weighted by Gasteiger charge is -2.27. The second-order valence-electron chi connectivity index (χ2n) is 9.24. The average Bonchev–Trinajstić information content (AvgIpc) is 3.31. The van der Waals surface area contributed by atoms with Crippen molar-refractivity contribution in [2.24, 2.45) is 11.8 Å². The minimum atomic E-state index is -3.11. The number of allylic oxidation sites excluding steroid dienone is 2. The quantitative estimate of drug-likeness (QED) is 0.235. The number of carboxylic acids is 1. The zero-order valence-electron chi connectivity index (χ0n) is 19.3. The highest BCUT2D eigenvalue weighted by Crippen LogP contribution is 2.45. The zero-order chi connectivity index (χ0) is 22.5. The van der Waals surface area contributed by atoms with E-state index in [0.717, 1.165) is 38.6 Å². The molecule has 0 spiro atoms. The number of hydrogen-bond acceptors (Lipinski definition) is 5. The Kier molecular flexibility index (Phi) is 12.1. The van der Waals surface area contributed by atoms with Crippen LogP contribution in [0.5, 0.6) is 0 Å². The molecule has 2 N–H and O–H groups in total. The first-order chi connectivity index (χ1) is 14.9. The number of aliphatic carboxylic acids is 1. The van der Waals surface area contributed by atoms with Gasteiger partial charge >= 0.3 is 5.97 Å². The zero-order valence-corrected chi connectivity index (χ0v) is 20.1. The summed E-state index contributed by atoms with van der Waals surface area (Å²) in [6.07, 6.45) is 16.3. The summed E-state index contributed by atoms with van der Waals surface area (Å²) in [6, 6.07) is 0. The highest BCUT2D eigenvalue weighted by atomic mass is 32.2. The van der Waals surface area contributed by atoms with Crippen LogP contribution in [0, 0.1) is 11.8 Å². The smallest absolute Gasteiger partial charge is 0.303 e. The Balaban J connectivity index is 1.67. The van der Waals surface area contributed by atoms with Crippen molar-refractivity contribution in [3.8, 4) is 0 Å². The number of ether oxygens (including phenoxy) is 1. The Morgan fingerprint density at radius 3 is 2.45 bits per heavy atom. The van der Waals surface area contributed by atoms with Crippen molar-refractivity contribution in [3.63, 3.8) is 0 Å². The topological polar surface area (TPSA) is 92.7 Å². The minimum absolute atomic E-state index is 0.0845. The molecule has 0 aromatic heterocycles. The number of sulfone groups is 1. The molecule has 2 aliphatic rings. The Bertz CT molecular complexity index is 648. The van der Waals surface area contributed by atoms with Crippen LogP contribution in [0.4, 0.5) is 0 Å². The number of unbranched alkanes of at least 4 members (excludes halogenated alkanes) is 6. The molecular weight excluding hydrogens is 414 g/mol. The van der Waals surface area contributed by atoms with Gasteiger partial charge in [0.2, 0.25) is 0 Å². The number of rotatable bonds is 18. The summed E-state index contributed by atoms with van der Waals surface area (Å²) < 4.78 is 31.5. The summed E-state index contributed by atoms with van der Waals surface area (Å²) in [6.45, 7) is 3.65. The molecule has 0 aromatic rings. The number of nitrogens with one attached hydrogen (secondary N) is 1. The summed E-state index contributed by atoms with van der Waals surface area (Å²) in [4.78, 5) is 10.6. The van der Waals surface area contributed by atoms with Crippen LogP contribution in [0.2, 0.25) is 0 Å². The van der Waals surface area contributed by atoms with Gasteiger partial charge in [-0.3, -0.25) is 4.79 Å². The van der Waals surface area contributed by atoms with Gasteiger partial charge < -0.3 is 15.2 Å². The molecule has 180 valence electrons. The highest BCUT2D eigenvalue weighted by molar-refractivity contribution is 7.91. The largest absolute Gasteiger partial charge is 0.481 e. The molecule has 7 heteroatoms. The first-order valence-corrected chi connectivity index (χ1v) is 14.2. The maximum absolute atomic E-state index is 12.7. The van der Waals surface area contributed by atoms with Gasteiger partial charge in [0.15, 0.2) is 9.84 Å². The molecule has 2 saturated heterocycles. The third-order valence-electron chi connectivity index (χ3n) is 6.67. The molecule has 0 unspecified atom stereocenters. The maximum atomic E-state index is 12.7. The summed E-state index contributed by atoms with van der Waals surface area (Å²) >= 11 is 0. The fraction of sp³-hybridized carbons (Fsp3) is 0.875. The molecule has 6 nitrogen and oxygen atoms in total. The van der Waals surface area contributed by atoms with Crippen molar-refractivity contribution in [1.29, 1.82) is 0 Å². The summed E-state index contributed by atoms with van der Waals surface area (Å²) in [5.41, 5.74) is 0. The number of carbonyl (C=O) groups is 1. The molecule has 2 fully saturated rings. The van der Waals surface area contributed by atoms with Gasteiger partial charge in [0, 0.05) is 18.9 Å². The minimum Gasteiger partial charge on any atom is -0.481 e. The van der Waals surface area contributed by atoms with E-state index in [9.17, 15) is 13.2 Å². The van der Waals surface area contributed by atoms with Gasteiger partial charge in [0.1, 0.15) is 0 Å². The standard InChI is InChI=1S/C24H43NO5S/c1-2-3-4-5-8-11-16-25-17-18-31(28,29)19-21-20(22-14-15-23(21)30-22)12-9-6-7-10-13-24(26)27/h6,9,20-23,25H,2-5,7-8,10-19H2,1H3,(H,26,27)/b9-6-/t20-,21+,22-,23+/m1/s1. The van der Waals surface area contributed by atoms with Crippen molar-refractivity contribution in [2.45, 2.75) is 96.2 Å². The summed E-state index contributed by atoms with van der Waals surface area (Å²) in [5.74, 6) is 0.0201. The fourth-order valence-electron chi connectivity index (χ4n) is 4.93. The van der Waals surface area contributed by atoms with Gasteiger partial charge in [-0.25, -0.2) is 8.42 Å². The monoisotopic (exact) mass is 457 g/mol. The molecule has 2 rings (SSSR count). The van der Waals surface area contributed by atoms with Gasteiger partial charge in [-0.15, -0.1) is 0 Å². The van der Waals surface area contributed by atoms with Gasteiger partial charge in [-0.2, -0.15) is 0 Å². The molecule has 0 aromatic carbocycles. The lowest BCUT2D eigenvalue weighted by atomic mass is 9.78. The van der Waals surface area contributed by atoms with Gasteiger partial charge in [0.25, 0.3) is 0 Å². The predicted molar refractivity (Wildman–Crippen MR) is 125 cm³/mol. The molecule has 31 heavy (non-hydrogen) atoms. The van der Waals surface area contributed by atoms with Crippen LogP contribution in [-0.4, -0.2) is 56.3 Å². The molecule has 4 atom stereocenters. The van der Waals surface area contributed by atoms with Crippen molar-refractivity contribution in [3.05, 3.63) is 12.2 Å². The Labute approximate surface area is 189 Å². The van der Waals surface area contributed by atoms with Crippen molar-refractivity contribution < 1.29 is 23.1 Å². The van der Waals surface area contributed by atoms with Crippen molar-refractivity contribution in [2.75, 3.05) is 24.6 Å². The number of fused-ring (bicyclic) bond motifs is 2. The molecule has 2 bridgehead atoms. The Morgan fingerprint density at radius 1 is 1.00 bits per heavy atom. The van der Waals surface area contributed by atoms with Crippen LogP contribution in [0.3, 0.4) is 0 Å². The number of hydrogen-bond donors (Lipinski definition) is 2. The second kappa shape index (κ2) is 14.3. The van der Waals surface area contributed by atoms with E-state index in [2.05, 4.69) is 18.3 Å². The van der Waals surface area contributed by atoms with Crippen LogP contribution in [0.15, 0.2) is 12.2 Å². The Morgan fingerprint density at radius 2 is 1.71 bits per heavy atom. The second-order valence-corrected chi connectivity index (χ2v) is 11.5. The first-order valence-electron chi connectivity index (χ1n) is 12.4. The van der Waals surface area contributed by atoms with Gasteiger partial charge in [0.05, 0.1) is 23.7 Å². The van der Waals surface area contributed by atoms with Crippen LogP contribution >= 0.6 is 0 Å². The maximum Gasteiger partial charge on any atom is 0.303 e. The molecule has 2 aliphatic heterocycles. The lowest BCUT2D eigenvalue weighted by Crippen LogP contribution is -2.35. The third-order valence-corrected chi connectivity index (χ3v) is 8.39. The van der Waals surface area contributed by atoms with Crippen LogP contribution in [-0.2, 0) is 19.4 Å². The predicted octanol–water partition coefficient (Wildman–Crippen LogP) is 4.35. The molecular formula is C24H43NO5S. The SMILES string of the molecule is CCCCCCCCNCCS(=O)(=O)C[C@H]1[C@@H](C/C=C\CCCC(=O)O)[C@H]2CC[C@@H]1O2. The van der Waals surface area contributed by atoms with Crippen LogP contribution in [0.1, 0.15) is 84.0 Å². The average molecular weight is 458 g/mol. The van der Waals surface area contributed by atoms with E-state index < -0.39 is 15.8 Å². The highest BCUT2D eigenvalue weighted by Gasteiger charge is 2.49. The van der Waals surface area contributed by atoms with E-state index in [0.29, 0.717) is 13.0 Å². The van der Waals surface area contributed by atoms with E-state index in [4.69, 9.17) is 9.84 Å². The van der Waals surface area contributed by atoms with Crippen LogP contribution < -0.4 is 5.32 Å². The molecule has 0 amide bonds.